The summed E-state index contributed by atoms with van der Waals surface area (Å²) in [5.74, 6) is -0.304. The van der Waals surface area contributed by atoms with Crippen LogP contribution < -0.4 is 15.8 Å². The van der Waals surface area contributed by atoms with Crippen molar-refractivity contribution in [2.24, 2.45) is 0 Å². The van der Waals surface area contributed by atoms with Gasteiger partial charge in [-0.05, 0) is 6.42 Å². The SMILES string of the molecule is C=CCCOCCNc1cc(OC)c(F)cc1N. The Kier molecular flexibility index (Phi) is 6.00. The van der Waals surface area contributed by atoms with Gasteiger partial charge in [0, 0.05) is 18.7 Å². The van der Waals surface area contributed by atoms with Crippen LogP contribution in [0.15, 0.2) is 24.8 Å². The van der Waals surface area contributed by atoms with Crippen LogP contribution in [0.4, 0.5) is 15.8 Å². The van der Waals surface area contributed by atoms with Crippen molar-refractivity contribution < 1.29 is 13.9 Å². The summed E-state index contributed by atoms with van der Waals surface area (Å²) in [6, 6.07) is 2.77. The van der Waals surface area contributed by atoms with Gasteiger partial charge in [-0.25, -0.2) is 4.39 Å². The average Bonchev–Trinajstić information content (AvgIpc) is 2.36. The van der Waals surface area contributed by atoms with Crippen LogP contribution in [0, 0.1) is 5.82 Å². The van der Waals surface area contributed by atoms with E-state index in [1.54, 1.807) is 6.08 Å². The van der Waals surface area contributed by atoms with Gasteiger partial charge in [-0.3, -0.25) is 0 Å². The van der Waals surface area contributed by atoms with Gasteiger partial charge >= 0.3 is 0 Å². The molecule has 0 aliphatic rings. The van der Waals surface area contributed by atoms with E-state index >= 15 is 0 Å². The maximum Gasteiger partial charge on any atom is 0.167 e. The third kappa shape index (κ3) is 4.25. The van der Waals surface area contributed by atoms with Crippen LogP contribution in [0.1, 0.15) is 6.42 Å². The Balaban J connectivity index is 2.44. The van der Waals surface area contributed by atoms with E-state index in [9.17, 15) is 4.39 Å². The molecule has 0 aliphatic heterocycles. The number of methoxy groups -OCH3 is 1. The average molecular weight is 254 g/mol. The monoisotopic (exact) mass is 254 g/mol. The Bertz CT molecular complexity index is 397. The first-order chi connectivity index (χ1) is 8.69. The Morgan fingerprint density at radius 1 is 1.44 bits per heavy atom. The van der Waals surface area contributed by atoms with Crippen molar-refractivity contribution >= 4 is 11.4 Å². The van der Waals surface area contributed by atoms with Crippen molar-refractivity contribution in [1.29, 1.82) is 0 Å². The van der Waals surface area contributed by atoms with Crippen LogP contribution in [0.25, 0.3) is 0 Å². The van der Waals surface area contributed by atoms with Crippen LogP contribution >= 0.6 is 0 Å². The van der Waals surface area contributed by atoms with Gasteiger partial charge in [-0.1, -0.05) is 6.08 Å². The molecular formula is C13H19FN2O2. The number of nitrogens with one attached hydrogen (secondary N) is 1. The Labute approximate surface area is 107 Å². The maximum absolute atomic E-state index is 13.3. The number of halogens is 1. The van der Waals surface area contributed by atoms with E-state index in [4.69, 9.17) is 15.2 Å². The second kappa shape index (κ2) is 7.55. The Morgan fingerprint density at radius 3 is 2.89 bits per heavy atom. The molecule has 0 amide bonds. The molecule has 0 saturated carbocycles. The fourth-order valence-electron chi connectivity index (χ4n) is 1.40. The fourth-order valence-corrected chi connectivity index (χ4v) is 1.40. The lowest BCUT2D eigenvalue weighted by atomic mass is 10.2. The first-order valence-electron chi connectivity index (χ1n) is 5.74. The topological polar surface area (TPSA) is 56.5 Å². The van der Waals surface area contributed by atoms with Gasteiger partial charge in [0.05, 0.1) is 31.7 Å². The van der Waals surface area contributed by atoms with Gasteiger partial charge in [0.2, 0.25) is 0 Å². The van der Waals surface area contributed by atoms with Crippen LogP contribution in [-0.2, 0) is 4.74 Å². The van der Waals surface area contributed by atoms with E-state index in [2.05, 4.69) is 11.9 Å². The van der Waals surface area contributed by atoms with Crippen molar-refractivity contribution in [2.45, 2.75) is 6.42 Å². The number of nitrogen functional groups attached to an aromatic ring is 1. The van der Waals surface area contributed by atoms with Crippen molar-refractivity contribution in [2.75, 3.05) is 37.9 Å². The van der Waals surface area contributed by atoms with E-state index < -0.39 is 5.82 Å². The molecular weight excluding hydrogens is 235 g/mol. The van der Waals surface area contributed by atoms with E-state index in [-0.39, 0.29) is 5.75 Å². The Morgan fingerprint density at radius 2 is 2.22 bits per heavy atom. The highest BCUT2D eigenvalue weighted by Crippen LogP contribution is 2.27. The lowest BCUT2D eigenvalue weighted by Gasteiger charge is -2.11. The first-order valence-corrected chi connectivity index (χ1v) is 5.74. The van der Waals surface area contributed by atoms with Gasteiger partial charge in [-0.2, -0.15) is 0 Å². The highest BCUT2D eigenvalue weighted by Gasteiger charge is 2.07. The molecule has 4 nitrogen and oxygen atoms in total. The third-order valence-electron chi connectivity index (χ3n) is 2.35. The molecule has 0 unspecified atom stereocenters. The van der Waals surface area contributed by atoms with Crippen molar-refractivity contribution in [3.63, 3.8) is 0 Å². The number of benzene rings is 1. The van der Waals surface area contributed by atoms with Gasteiger partial charge in [0.1, 0.15) is 0 Å². The van der Waals surface area contributed by atoms with E-state index in [0.29, 0.717) is 31.1 Å². The normalized spacial score (nSPS) is 10.1. The summed E-state index contributed by atoms with van der Waals surface area (Å²) in [6.45, 7) is 5.39. The fraction of sp³-hybridized carbons (Fsp3) is 0.385. The van der Waals surface area contributed by atoms with Crippen LogP contribution in [-0.4, -0.2) is 26.9 Å². The third-order valence-corrected chi connectivity index (χ3v) is 2.35. The minimum absolute atomic E-state index is 0.166. The summed E-state index contributed by atoms with van der Waals surface area (Å²) >= 11 is 0. The summed E-state index contributed by atoms with van der Waals surface area (Å²) < 4.78 is 23.5. The summed E-state index contributed by atoms with van der Waals surface area (Å²) in [4.78, 5) is 0. The summed E-state index contributed by atoms with van der Waals surface area (Å²) in [6.07, 6.45) is 2.63. The van der Waals surface area contributed by atoms with Crippen LogP contribution in [0.5, 0.6) is 5.75 Å². The predicted molar refractivity (Wildman–Crippen MR) is 71.5 cm³/mol. The number of ether oxygens (including phenoxy) is 2. The standard InChI is InChI=1S/C13H19FN2O2/c1-3-4-6-18-7-5-16-12-9-13(17-2)10(14)8-11(12)15/h3,8-9,16H,1,4-7,15H2,2H3. The smallest absolute Gasteiger partial charge is 0.167 e. The first kappa shape index (κ1) is 14.3. The van der Waals surface area contributed by atoms with Gasteiger partial charge in [0.25, 0.3) is 0 Å². The molecule has 1 aromatic carbocycles. The molecule has 100 valence electrons. The number of anilines is 2. The lowest BCUT2D eigenvalue weighted by molar-refractivity contribution is 0.149. The van der Waals surface area contributed by atoms with Gasteiger partial charge in [-0.15, -0.1) is 6.58 Å². The van der Waals surface area contributed by atoms with Gasteiger partial charge in [0.15, 0.2) is 11.6 Å². The van der Waals surface area contributed by atoms with E-state index in [1.807, 2.05) is 0 Å². The number of rotatable bonds is 8. The highest BCUT2D eigenvalue weighted by molar-refractivity contribution is 5.68. The predicted octanol–water partition coefficient (Wildman–Crippen LogP) is 2.42. The molecule has 18 heavy (non-hydrogen) atoms. The summed E-state index contributed by atoms with van der Waals surface area (Å²) in [7, 11) is 1.41. The molecule has 0 saturated heterocycles. The number of hydrogen-bond acceptors (Lipinski definition) is 4. The van der Waals surface area contributed by atoms with Crippen molar-refractivity contribution in [3.8, 4) is 5.75 Å². The molecule has 3 N–H and O–H groups in total. The lowest BCUT2D eigenvalue weighted by Crippen LogP contribution is -2.11. The van der Waals surface area contributed by atoms with Crippen LogP contribution in [0.3, 0.4) is 0 Å². The quantitative estimate of drug-likeness (QED) is 0.425. The zero-order valence-electron chi connectivity index (χ0n) is 10.5. The van der Waals surface area contributed by atoms with E-state index in [1.165, 1.54) is 19.2 Å². The summed E-state index contributed by atoms with van der Waals surface area (Å²) in [5.41, 5.74) is 6.68. The number of hydrogen-bond donors (Lipinski definition) is 2. The molecule has 0 aromatic heterocycles. The van der Waals surface area contributed by atoms with Crippen LogP contribution in [0.2, 0.25) is 0 Å². The maximum atomic E-state index is 13.3. The second-order valence-corrected chi connectivity index (χ2v) is 3.69. The molecule has 0 bridgehead atoms. The Hall–Kier alpha value is -1.75. The molecule has 0 heterocycles. The van der Waals surface area contributed by atoms with Crippen molar-refractivity contribution in [1.82, 2.24) is 0 Å². The van der Waals surface area contributed by atoms with E-state index in [0.717, 1.165) is 6.42 Å². The molecule has 1 aromatic rings. The largest absolute Gasteiger partial charge is 0.494 e. The zero-order valence-corrected chi connectivity index (χ0v) is 10.5. The number of nitrogens with two attached hydrogens (primary N) is 1. The molecule has 0 aliphatic carbocycles. The minimum Gasteiger partial charge on any atom is -0.494 e. The molecule has 0 fully saturated rings. The second-order valence-electron chi connectivity index (χ2n) is 3.69. The highest BCUT2D eigenvalue weighted by atomic mass is 19.1. The molecule has 0 atom stereocenters. The molecule has 5 heteroatoms. The van der Waals surface area contributed by atoms with Crippen molar-refractivity contribution in [3.05, 3.63) is 30.6 Å². The van der Waals surface area contributed by atoms with Gasteiger partial charge < -0.3 is 20.5 Å². The molecule has 1 rings (SSSR count). The minimum atomic E-state index is -0.470. The molecule has 0 spiro atoms. The zero-order chi connectivity index (χ0) is 13.4. The summed E-state index contributed by atoms with van der Waals surface area (Å²) in [5, 5.41) is 3.07. The molecule has 0 radical (unpaired) electrons.